The van der Waals surface area contributed by atoms with E-state index in [1.807, 2.05) is 19.2 Å². The number of aliphatic imine (C=N–C) groups is 1. The fourth-order valence-corrected chi connectivity index (χ4v) is 3.70. The van der Waals surface area contributed by atoms with E-state index in [4.69, 9.17) is 9.47 Å². The van der Waals surface area contributed by atoms with Gasteiger partial charge in [-0.15, -0.1) is 0 Å². The molecule has 0 aromatic heterocycles. The standard InChI is InChI=1S/C19H29N3O2/c1-20-18(22-10-9-19(15-22)7-4-8-19)21-14-16-5-3-6-17(13-16)24-12-11-23-2/h3,5-6,13H,4,7-12,14-15H2,1-2H3,(H,20,21). The van der Waals surface area contributed by atoms with Crippen molar-refractivity contribution in [3.05, 3.63) is 29.8 Å². The number of nitrogens with zero attached hydrogens (tertiary/aromatic N) is 2. The normalized spacial score (nSPS) is 19.4. The van der Waals surface area contributed by atoms with Crippen molar-refractivity contribution >= 4 is 5.96 Å². The maximum atomic E-state index is 5.68. The zero-order valence-corrected chi connectivity index (χ0v) is 14.9. The Morgan fingerprint density at radius 2 is 2.17 bits per heavy atom. The van der Waals surface area contributed by atoms with Gasteiger partial charge in [0.25, 0.3) is 0 Å². The number of guanidine groups is 1. The van der Waals surface area contributed by atoms with Crippen molar-refractivity contribution in [2.75, 3.05) is 40.5 Å². The van der Waals surface area contributed by atoms with Crippen LogP contribution in [0.1, 0.15) is 31.2 Å². The van der Waals surface area contributed by atoms with Gasteiger partial charge in [-0.05, 0) is 42.4 Å². The minimum absolute atomic E-state index is 0.574. The van der Waals surface area contributed by atoms with Gasteiger partial charge in [-0.25, -0.2) is 0 Å². The summed E-state index contributed by atoms with van der Waals surface area (Å²) in [6.45, 7) is 4.22. The first-order chi connectivity index (χ1) is 11.7. The molecular formula is C19H29N3O2. The molecule has 5 nitrogen and oxygen atoms in total. The first-order valence-electron chi connectivity index (χ1n) is 8.91. The number of rotatable bonds is 6. The van der Waals surface area contributed by atoms with Gasteiger partial charge >= 0.3 is 0 Å². The molecule has 5 heteroatoms. The summed E-state index contributed by atoms with van der Waals surface area (Å²) in [5.41, 5.74) is 1.79. The van der Waals surface area contributed by atoms with Crippen LogP contribution in [-0.2, 0) is 11.3 Å². The number of benzene rings is 1. The smallest absolute Gasteiger partial charge is 0.193 e. The van der Waals surface area contributed by atoms with Gasteiger partial charge in [-0.3, -0.25) is 4.99 Å². The summed E-state index contributed by atoms with van der Waals surface area (Å²) in [5, 5.41) is 3.50. The molecule has 1 N–H and O–H groups in total. The number of hydrogen-bond donors (Lipinski definition) is 1. The molecule has 1 saturated carbocycles. The Hall–Kier alpha value is -1.75. The monoisotopic (exact) mass is 331 g/mol. The molecule has 2 fully saturated rings. The Bertz CT molecular complexity index is 569. The third-order valence-corrected chi connectivity index (χ3v) is 5.27. The van der Waals surface area contributed by atoms with Gasteiger partial charge in [-0.2, -0.15) is 0 Å². The molecule has 0 unspecified atom stereocenters. The van der Waals surface area contributed by atoms with Crippen molar-refractivity contribution in [3.8, 4) is 5.75 Å². The Morgan fingerprint density at radius 1 is 1.29 bits per heavy atom. The van der Waals surface area contributed by atoms with Crippen LogP contribution < -0.4 is 10.1 Å². The first kappa shape index (κ1) is 17.1. The molecular weight excluding hydrogens is 302 g/mol. The van der Waals surface area contributed by atoms with Gasteiger partial charge in [0.1, 0.15) is 12.4 Å². The Balaban J connectivity index is 1.51. The lowest BCUT2D eigenvalue weighted by molar-refractivity contribution is 0.146. The SMILES string of the molecule is CN=C(NCc1cccc(OCCOC)c1)N1CCC2(CCC2)C1. The highest BCUT2D eigenvalue weighted by Crippen LogP contribution is 2.47. The summed E-state index contributed by atoms with van der Waals surface area (Å²) in [5.74, 6) is 1.90. The topological polar surface area (TPSA) is 46.1 Å². The molecule has 1 aromatic rings. The van der Waals surface area contributed by atoms with E-state index < -0.39 is 0 Å². The molecule has 132 valence electrons. The van der Waals surface area contributed by atoms with Crippen molar-refractivity contribution < 1.29 is 9.47 Å². The summed E-state index contributed by atoms with van der Waals surface area (Å²) in [7, 11) is 3.56. The predicted molar refractivity (Wildman–Crippen MR) is 96.5 cm³/mol. The molecule has 1 aromatic carbocycles. The average Bonchev–Trinajstić information content (AvgIpc) is 3.02. The van der Waals surface area contributed by atoms with Crippen LogP contribution in [0.2, 0.25) is 0 Å². The number of likely N-dealkylation sites (tertiary alicyclic amines) is 1. The van der Waals surface area contributed by atoms with Gasteiger partial charge in [0.05, 0.1) is 6.61 Å². The number of nitrogens with one attached hydrogen (secondary N) is 1. The second-order valence-electron chi connectivity index (χ2n) is 6.91. The fraction of sp³-hybridized carbons (Fsp3) is 0.632. The molecule has 1 spiro atoms. The minimum atomic E-state index is 0.574. The molecule has 0 bridgehead atoms. The second-order valence-corrected chi connectivity index (χ2v) is 6.91. The number of hydrogen-bond acceptors (Lipinski definition) is 3. The number of methoxy groups -OCH3 is 1. The van der Waals surface area contributed by atoms with Crippen LogP contribution in [0.4, 0.5) is 0 Å². The molecule has 1 saturated heterocycles. The van der Waals surface area contributed by atoms with E-state index in [2.05, 4.69) is 27.3 Å². The van der Waals surface area contributed by atoms with Crippen LogP contribution in [0.25, 0.3) is 0 Å². The van der Waals surface area contributed by atoms with E-state index in [1.165, 1.54) is 31.2 Å². The Labute approximate surface area is 145 Å². The summed E-state index contributed by atoms with van der Waals surface area (Å²) in [4.78, 5) is 6.89. The van der Waals surface area contributed by atoms with E-state index in [-0.39, 0.29) is 0 Å². The van der Waals surface area contributed by atoms with E-state index in [9.17, 15) is 0 Å². The Morgan fingerprint density at radius 3 is 2.83 bits per heavy atom. The number of ether oxygens (including phenoxy) is 2. The molecule has 24 heavy (non-hydrogen) atoms. The van der Waals surface area contributed by atoms with Crippen molar-refractivity contribution in [3.63, 3.8) is 0 Å². The zero-order valence-electron chi connectivity index (χ0n) is 14.9. The zero-order chi connectivity index (χ0) is 16.8. The molecule has 1 heterocycles. The second kappa shape index (κ2) is 7.88. The third-order valence-electron chi connectivity index (χ3n) is 5.27. The highest BCUT2D eigenvalue weighted by Gasteiger charge is 2.43. The van der Waals surface area contributed by atoms with E-state index in [1.54, 1.807) is 7.11 Å². The van der Waals surface area contributed by atoms with E-state index >= 15 is 0 Å². The van der Waals surface area contributed by atoms with Gasteiger partial charge in [0.15, 0.2) is 5.96 Å². The van der Waals surface area contributed by atoms with Crippen LogP contribution in [0.15, 0.2) is 29.3 Å². The fourth-order valence-electron chi connectivity index (χ4n) is 3.70. The van der Waals surface area contributed by atoms with Gasteiger partial charge < -0.3 is 19.7 Å². The van der Waals surface area contributed by atoms with Crippen LogP contribution in [0.5, 0.6) is 5.75 Å². The predicted octanol–water partition coefficient (Wildman–Crippen LogP) is 2.66. The molecule has 0 amide bonds. The lowest BCUT2D eigenvalue weighted by Crippen LogP contribution is -2.42. The van der Waals surface area contributed by atoms with Gasteiger partial charge in [-0.1, -0.05) is 18.6 Å². The van der Waals surface area contributed by atoms with Crippen LogP contribution in [0, 0.1) is 5.41 Å². The maximum absolute atomic E-state index is 5.68. The van der Waals surface area contributed by atoms with Gasteiger partial charge in [0.2, 0.25) is 0 Å². The summed E-state index contributed by atoms with van der Waals surface area (Å²) in [6.07, 6.45) is 5.50. The molecule has 1 aliphatic heterocycles. The van der Waals surface area contributed by atoms with Crippen molar-refractivity contribution in [2.24, 2.45) is 10.4 Å². The lowest BCUT2D eigenvalue weighted by Gasteiger charge is -2.38. The van der Waals surface area contributed by atoms with Crippen LogP contribution >= 0.6 is 0 Å². The summed E-state index contributed by atoms with van der Waals surface area (Å²) < 4.78 is 10.7. The van der Waals surface area contributed by atoms with Crippen LogP contribution in [-0.4, -0.2) is 51.3 Å². The first-order valence-corrected chi connectivity index (χ1v) is 8.91. The van der Waals surface area contributed by atoms with E-state index in [0.717, 1.165) is 31.3 Å². The Kier molecular flexibility index (Phi) is 5.61. The highest BCUT2D eigenvalue weighted by molar-refractivity contribution is 5.80. The van der Waals surface area contributed by atoms with Crippen molar-refractivity contribution in [1.29, 1.82) is 0 Å². The summed E-state index contributed by atoms with van der Waals surface area (Å²) >= 11 is 0. The molecule has 1 aliphatic carbocycles. The molecule has 0 radical (unpaired) electrons. The lowest BCUT2D eigenvalue weighted by atomic mass is 9.68. The van der Waals surface area contributed by atoms with Crippen molar-refractivity contribution in [2.45, 2.75) is 32.2 Å². The largest absolute Gasteiger partial charge is 0.491 e. The molecule has 2 aliphatic rings. The molecule has 0 atom stereocenters. The molecule has 3 rings (SSSR count). The highest BCUT2D eigenvalue weighted by atomic mass is 16.5. The summed E-state index contributed by atoms with van der Waals surface area (Å²) in [6, 6.07) is 8.20. The minimum Gasteiger partial charge on any atom is -0.491 e. The average molecular weight is 331 g/mol. The third kappa shape index (κ3) is 4.01. The van der Waals surface area contributed by atoms with E-state index in [0.29, 0.717) is 18.6 Å². The quantitative estimate of drug-likeness (QED) is 0.494. The van der Waals surface area contributed by atoms with Crippen LogP contribution in [0.3, 0.4) is 0 Å². The van der Waals surface area contributed by atoms with Crippen molar-refractivity contribution in [1.82, 2.24) is 10.2 Å². The maximum Gasteiger partial charge on any atom is 0.193 e. The van der Waals surface area contributed by atoms with Gasteiger partial charge in [0, 0.05) is 33.8 Å².